The first-order valence-corrected chi connectivity index (χ1v) is 10.1. The average Bonchev–Trinajstić information content (AvgIpc) is 2.66. The number of hydrogen-bond donors (Lipinski definition) is 1. The number of ketones is 1. The molecule has 0 heterocycles. The summed E-state index contributed by atoms with van der Waals surface area (Å²) in [4.78, 5) is 12.2. The Bertz CT molecular complexity index is 535. The highest BCUT2D eigenvalue weighted by Crippen LogP contribution is 2.25. The molecule has 0 saturated heterocycles. The predicted octanol–water partition coefficient (Wildman–Crippen LogP) is 4.71. The molecule has 0 spiro atoms. The van der Waals surface area contributed by atoms with E-state index in [2.05, 4.69) is 31.3 Å². The zero-order chi connectivity index (χ0) is 18.1. The molecule has 1 atom stereocenters. The minimum Gasteiger partial charge on any atom is -0.497 e. The molecule has 1 aromatic carbocycles. The number of nitrogens with one attached hydrogen (secondary N) is 1. The zero-order valence-electron chi connectivity index (χ0n) is 16.3. The van der Waals surface area contributed by atoms with Gasteiger partial charge in [-0.3, -0.25) is 4.79 Å². The number of methoxy groups -OCH3 is 1. The van der Waals surface area contributed by atoms with Crippen LogP contribution in [0.1, 0.15) is 69.9 Å². The van der Waals surface area contributed by atoms with Crippen molar-refractivity contribution in [1.82, 2.24) is 5.32 Å². The number of ether oxygens (including phenoxy) is 1. The highest BCUT2D eigenvalue weighted by molar-refractivity contribution is 5.81. The summed E-state index contributed by atoms with van der Waals surface area (Å²) >= 11 is 0. The quantitative estimate of drug-likeness (QED) is 0.624. The van der Waals surface area contributed by atoms with Gasteiger partial charge in [-0.1, -0.05) is 32.3 Å². The zero-order valence-corrected chi connectivity index (χ0v) is 16.3. The van der Waals surface area contributed by atoms with E-state index in [0.717, 1.165) is 50.8 Å². The molecule has 1 aromatic rings. The minimum atomic E-state index is 0.359. The van der Waals surface area contributed by atoms with Crippen molar-refractivity contribution in [2.24, 2.45) is 5.92 Å². The van der Waals surface area contributed by atoms with Gasteiger partial charge in [-0.2, -0.15) is 0 Å². The second kappa shape index (κ2) is 10.6. The number of benzene rings is 1. The first kappa shape index (κ1) is 20.0. The van der Waals surface area contributed by atoms with E-state index in [9.17, 15) is 4.79 Å². The average molecular weight is 346 g/mol. The SMILES string of the molecule is CCc1cc(OC)ccc1CC(C)NCCCC(=O)C1CCCCC1. The fourth-order valence-corrected chi connectivity index (χ4v) is 3.90. The summed E-state index contributed by atoms with van der Waals surface area (Å²) in [5.74, 6) is 1.79. The molecule has 25 heavy (non-hydrogen) atoms. The lowest BCUT2D eigenvalue weighted by Gasteiger charge is -2.20. The molecule has 1 aliphatic carbocycles. The maximum atomic E-state index is 12.2. The Labute approximate surface area is 153 Å². The van der Waals surface area contributed by atoms with Gasteiger partial charge in [0.2, 0.25) is 0 Å². The normalized spacial score (nSPS) is 16.6. The first-order chi connectivity index (χ1) is 12.1. The number of carbonyl (C=O) groups excluding carboxylic acids is 1. The summed E-state index contributed by atoms with van der Waals surface area (Å²) in [5.41, 5.74) is 2.75. The van der Waals surface area contributed by atoms with E-state index in [1.54, 1.807) is 7.11 Å². The van der Waals surface area contributed by atoms with Crippen LogP contribution in [0.4, 0.5) is 0 Å². The number of hydrogen-bond acceptors (Lipinski definition) is 3. The van der Waals surface area contributed by atoms with Gasteiger partial charge in [-0.15, -0.1) is 0 Å². The third-order valence-electron chi connectivity index (χ3n) is 5.47. The van der Waals surface area contributed by atoms with Crippen LogP contribution in [0, 0.1) is 5.92 Å². The molecule has 1 fully saturated rings. The summed E-state index contributed by atoms with van der Waals surface area (Å²) in [6.45, 7) is 5.34. The van der Waals surface area contributed by atoms with Gasteiger partial charge in [0.1, 0.15) is 11.5 Å². The van der Waals surface area contributed by atoms with E-state index in [-0.39, 0.29) is 0 Å². The van der Waals surface area contributed by atoms with Gasteiger partial charge in [0, 0.05) is 18.4 Å². The largest absolute Gasteiger partial charge is 0.497 e. The van der Waals surface area contributed by atoms with Crippen molar-refractivity contribution in [2.75, 3.05) is 13.7 Å². The van der Waals surface area contributed by atoms with Gasteiger partial charge in [0.15, 0.2) is 0 Å². The van der Waals surface area contributed by atoms with Crippen molar-refractivity contribution in [3.63, 3.8) is 0 Å². The molecule has 140 valence electrons. The molecule has 0 amide bonds. The van der Waals surface area contributed by atoms with Gasteiger partial charge < -0.3 is 10.1 Å². The number of carbonyl (C=O) groups is 1. The molecular weight excluding hydrogens is 310 g/mol. The Kier molecular flexibility index (Phi) is 8.47. The van der Waals surface area contributed by atoms with E-state index in [0.29, 0.717) is 17.7 Å². The molecule has 2 rings (SSSR count). The fraction of sp³-hybridized carbons (Fsp3) is 0.682. The lowest BCUT2D eigenvalue weighted by molar-refractivity contribution is -0.123. The maximum Gasteiger partial charge on any atom is 0.136 e. The molecular formula is C22H35NO2. The van der Waals surface area contributed by atoms with Gasteiger partial charge in [0.25, 0.3) is 0 Å². The molecule has 1 unspecified atom stereocenters. The molecule has 1 N–H and O–H groups in total. The second-order valence-electron chi connectivity index (χ2n) is 7.45. The van der Waals surface area contributed by atoms with Crippen molar-refractivity contribution < 1.29 is 9.53 Å². The molecule has 1 aliphatic rings. The molecule has 0 aromatic heterocycles. The smallest absolute Gasteiger partial charge is 0.136 e. The van der Waals surface area contributed by atoms with Crippen molar-refractivity contribution in [3.05, 3.63) is 29.3 Å². The second-order valence-corrected chi connectivity index (χ2v) is 7.45. The monoisotopic (exact) mass is 345 g/mol. The Morgan fingerprint density at radius 1 is 1.24 bits per heavy atom. The van der Waals surface area contributed by atoms with Crippen LogP contribution in [0.5, 0.6) is 5.75 Å². The van der Waals surface area contributed by atoms with Crippen LogP contribution in [-0.4, -0.2) is 25.5 Å². The number of rotatable bonds is 10. The van der Waals surface area contributed by atoms with E-state index >= 15 is 0 Å². The van der Waals surface area contributed by atoms with Gasteiger partial charge in [-0.05, 0) is 68.8 Å². The highest BCUT2D eigenvalue weighted by Gasteiger charge is 2.20. The van der Waals surface area contributed by atoms with Crippen molar-refractivity contribution in [1.29, 1.82) is 0 Å². The van der Waals surface area contributed by atoms with Crippen LogP contribution >= 0.6 is 0 Å². The van der Waals surface area contributed by atoms with Gasteiger partial charge in [-0.25, -0.2) is 0 Å². The Hall–Kier alpha value is -1.35. The summed E-state index contributed by atoms with van der Waals surface area (Å²) < 4.78 is 5.32. The molecule has 0 radical (unpaired) electrons. The minimum absolute atomic E-state index is 0.359. The van der Waals surface area contributed by atoms with Crippen LogP contribution in [-0.2, 0) is 17.6 Å². The standard InChI is InChI=1S/C22H35NO2/c1-4-18-16-21(25-3)13-12-20(18)15-17(2)23-14-8-11-22(24)19-9-6-5-7-10-19/h12-13,16-17,19,23H,4-11,14-15H2,1-3H3. The fourth-order valence-electron chi connectivity index (χ4n) is 3.90. The van der Waals surface area contributed by atoms with Crippen molar-refractivity contribution in [2.45, 2.75) is 77.7 Å². The van der Waals surface area contributed by atoms with E-state index in [1.165, 1.54) is 30.4 Å². The predicted molar refractivity (Wildman–Crippen MR) is 104 cm³/mol. The van der Waals surface area contributed by atoms with Crippen LogP contribution in [0.25, 0.3) is 0 Å². The highest BCUT2D eigenvalue weighted by atomic mass is 16.5. The van der Waals surface area contributed by atoms with Crippen molar-refractivity contribution in [3.8, 4) is 5.75 Å². The lowest BCUT2D eigenvalue weighted by Crippen LogP contribution is -2.30. The molecule has 0 aliphatic heterocycles. The molecule has 0 bridgehead atoms. The Morgan fingerprint density at radius 3 is 2.68 bits per heavy atom. The Balaban J connectivity index is 1.70. The van der Waals surface area contributed by atoms with E-state index in [1.807, 2.05) is 6.07 Å². The van der Waals surface area contributed by atoms with Gasteiger partial charge >= 0.3 is 0 Å². The van der Waals surface area contributed by atoms with Crippen LogP contribution in [0.3, 0.4) is 0 Å². The van der Waals surface area contributed by atoms with Crippen LogP contribution < -0.4 is 10.1 Å². The molecule has 3 nitrogen and oxygen atoms in total. The third-order valence-corrected chi connectivity index (χ3v) is 5.47. The Morgan fingerprint density at radius 2 is 2.00 bits per heavy atom. The van der Waals surface area contributed by atoms with Crippen LogP contribution in [0.2, 0.25) is 0 Å². The van der Waals surface area contributed by atoms with E-state index in [4.69, 9.17) is 4.74 Å². The summed E-state index contributed by atoms with van der Waals surface area (Å²) in [6, 6.07) is 6.79. The number of aryl methyl sites for hydroxylation is 1. The summed E-state index contributed by atoms with van der Waals surface area (Å²) in [6.07, 6.45) is 9.80. The first-order valence-electron chi connectivity index (χ1n) is 10.1. The topological polar surface area (TPSA) is 38.3 Å². The third kappa shape index (κ3) is 6.47. The summed E-state index contributed by atoms with van der Waals surface area (Å²) in [5, 5.41) is 3.59. The van der Waals surface area contributed by atoms with E-state index < -0.39 is 0 Å². The van der Waals surface area contributed by atoms with Gasteiger partial charge in [0.05, 0.1) is 7.11 Å². The molecule has 1 saturated carbocycles. The number of Topliss-reactive ketones (excluding diaryl/α,β-unsaturated/α-hetero) is 1. The van der Waals surface area contributed by atoms with Crippen LogP contribution in [0.15, 0.2) is 18.2 Å². The summed E-state index contributed by atoms with van der Waals surface area (Å²) in [7, 11) is 1.72. The lowest BCUT2D eigenvalue weighted by atomic mass is 9.85. The van der Waals surface area contributed by atoms with Crippen molar-refractivity contribution >= 4 is 5.78 Å². The maximum absolute atomic E-state index is 12.2. The molecule has 3 heteroatoms.